The molecule has 0 saturated heterocycles. The van der Waals surface area contributed by atoms with Crippen LogP contribution in [0, 0.1) is 0 Å². The summed E-state index contributed by atoms with van der Waals surface area (Å²) in [5, 5.41) is 2.61. The van der Waals surface area contributed by atoms with Gasteiger partial charge in [-0.25, -0.2) is 13.4 Å². The first-order chi connectivity index (χ1) is 10.5. The number of carbonyl (C=O) groups excluding carboxylic acids is 1. The zero-order valence-electron chi connectivity index (χ0n) is 12.1. The Labute approximate surface area is 133 Å². The van der Waals surface area contributed by atoms with Gasteiger partial charge in [0.25, 0.3) is 0 Å². The van der Waals surface area contributed by atoms with E-state index in [1.165, 1.54) is 28.6 Å². The fourth-order valence-electron chi connectivity index (χ4n) is 2.25. The molecule has 1 aromatic heterocycles. The first kappa shape index (κ1) is 15.3. The van der Waals surface area contributed by atoms with E-state index in [0.29, 0.717) is 5.56 Å². The quantitative estimate of drug-likeness (QED) is 0.761. The molecule has 5 nitrogen and oxygen atoms in total. The van der Waals surface area contributed by atoms with Gasteiger partial charge in [-0.2, -0.15) is 4.31 Å². The molecule has 1 fully saturated rings. The van der Waals surface area contributed by atoms with Crippen LogP contribution in [-0.2, 0) is 16.6 Å². The Morgan fingerprint density at radius 1 is 1.41 bits per heavy atom. The van der Waals surface area contributed by atoms with Crippen LogP contribution in [-0.4, -0.2) is 29.5 Å². The standard InChI is InChI=1S/C15H16N2O3S2/c1-11(18)12-3-2-4-14(9-12)22(19,20)17(13-5-6-13)10-15-16-7-8-21-15/h2-4,7-9,13H,5-6,10H2,1H3. The first-order valence-corrected chi connectivity index (χ1v) is 9.31. The lowest BCUT2D eigenvalue weighted by atomic mass is 10.2. The van der Waals surface area contributed by atoms with E-state index in [4.69, 9.17) is 0 Å². The number of hydrogen-bond acceptors (Lipinski definition) is 5. The molecule has 1 aliphatic carbocycles. The third-order valence-corrected chi connectivity index (χ3v) is 6.23. The molecule has 3 rings (SSSR count). The normalized spacial score (nSPS) is 15.2. The number of rotatable bonds is 6. The van der Waals surface area contributed by atoms with Gasteiger partial charge in [-0.15, -0.1) is 11.3 Å². The van der Waals surface area contributed by atoms with E-state index in [-0.39, 0.29) is 23.3 Å². The Hall–Kier alpha value is -1.57. The lowest BCUT2D eigenvalue weighted by Gasteiger charge is -2.21. The molecule has 0 amide bonds. The molecular formula is C15H16N2O3S2. The summed E-state index contributed by atoms with van der Waals surface area (Å²) in [4.78, 5) is 15.8. The van der Waals surface area contributed by atoms with Crippen LogP contribution < -0.4 is 0 Å². The summed E-state index contributed by atoms with van der Waals surface area (Å²) >= 11 is 1.44. The predicted molar refractivity (Wildman–Crippen MR) is 84.3 cm³/mol. The monoisotopic (exact) mass is 336 g/mol. The van der Waals surface area contributed by atoms with Gasteiger partial charge in [-0.3, -0.25) is 4.79 Å². The van der Waals surface area contributed by atoms with Gasteiger partial charge in [0, 0.05) is 23.2 Å². The van der Waals surface area contributed by atoms with Gasteiger partial charge in [-0.05, 0) is 31.9 Å². The number of sulfonamides is 1. The van der Waals surface area contributed by atoms with Gasteiger partial charge < -0.3 is 0 Å². The molecular weight excluding hydrogens is 320 g/mol. The molecule has 1 aliphatic rings. The van der Waals surface area contributed by atoms with Crippen LogP contribution in [0.5, 0.6) is 0 Å². The van der Waals surface area contributed by atoms with E-state index in [1.54, 1.807) is 24.4 Å². The summed E-state index contributed by atoms with van der Waals surface area (Å²) in [6, 6.07) is 6.27. The second kappa shape index (κ2) is 5.91. The van der Waals surface area contributed by atoms with Gasteiger partial charge in [0.05, 0.1) is 11.4 Å². The van der Waals surface area contributed by atoms with Crippen molar-refractivity contribution >= 4 is 27.1 Å². The van der Waals surface area contributed by atoms with E-state index in [1.807, 2.05) is 5.38 Å². The maximum absolute atomic E-state index is 12.9. The molecule has 116 valence electrons. The topological polar surface area (TPSA) is 67.3 Å². The van der Waals surface area contributed by atoms with E-state index in [0.717, 1.165) is 17.8 Å². The zero-order valence-corrected chi connectivity index (χ0v) is 13.7. The number of nitrogens with zero attached hydrogens (tertiary/aromatic N) is 2. The van der Waals surface area contributed by atoms with Crippen molar-refractivity contribution in [2.75, 3.05) is 0 Å². The molecule has 1 saturated carbocycles. The van der Waals surface area contributed by atoms with E-state index in [2.05, 4.69) is 4.98 Å². The maximum Gasteiger partial charge on any atom is 0.243 e. The van der Waals surface area contributed by atoms with Crippen molar-refractivity contribution in [1.82, 2.24) is 9.29 Å². The minimum atomic E-state index is -3.62. The van der Waals surface area contributed by atoms with Crippen molar-refractivity contribution in [1.29, 1.82) is 0 Å². The fraction of sp³-hybridized carbons (Fsp3) is 0.333. The van der Waals surface area contributed by atoms with Gasteiger partial charge in [0.15, 0.2) is 5.78 Å². The molecule has 1 heterocycles. The number of aromatic nitrogens is 1. The average Bonchev–Trinajstić information content (AvgIpc) is 3.20. The van der Waals surface area contributed by atoms with E-state index >= 15 is 0 Å². The molecule has 0 N–H and O–H groups in total. The highest BCUT2D eigenvalue weighted by Crippen LogP contribution is 2.34. The van der Waals surface area contributed by atoms with Crippen LogP contribution in [0.3, 0.4) is 0 Å². The summed E-state index contributed by atoms with van der Waals surface area (Å²) in [6.07, 6.45) is 3.42. The van der Waals surface area contributed by atoms with Crippen molar-refractivity contribution in [3.8, 4) is 0 Å². The van der Waals surface area contributed by atoms with Gasteiger partial charge >= 0.3 is 0 Å². The number of thiazole rings is 1. The van der Waals surface area contributed by atoms with Crippen LogP contribution in [0.4, 0.5) is 0 Å². The Balaban J connectivity index is 1.95. The Morgan fingerprint density at radius 2 is 2.18 bits per heavy atom. The van der Waals surface area contributed by atoms with Crippen molar-refractivity contribution < 1.29 is 13.2 Å². The van der Waals surface area contributed by atoms with Crippen molar-refractivity contribution in [2.24, 2.45) is 0 Å². The number of carbonyl (C=O) groups is 1. The van der Waals surface area contributed by atoms with Crippen LogP contribution in [0.25, 0.3) is 0 Å². The SMILES string of the molecule is CC(=O)c1cccc(S(=O)(=O)N(Cc2nccs2)C2CC2)c1. The molecule has 7 heteroatoms. The van der Waals surface area contributed by atoms with Crippen molar-refractivity contribution in [2.45, 2.75) is 37.2 Å². The minimum absolute atomic E-state index is 0.0369. The maximum atomic E-state index is 12.9. The van der Waals surface area contributed by atoms with Crippen molar-refractivity contribution in [3.63, 3.8) is 0 Å². The molecule has 0 radical (unpaired) electrons. The van der Waals surface area contributed by atoms with Crippen molar-refractivity contribution in [3.05, 3.63) is 46.4 Å². The lowest BCUT2D eigenvalue weighted by Crippen LogP contribution is -2.32. The fourth-order valence-corrected chi connectivity index (χ4v) is 4.64. The molecule has 0 atom stereocenters. The molecule has 1 aromatic carbocycles. The number of benzene rings is 1. The smallest absolute Gasteiger partial charge is 0.243 e. The van der Waals surface area contributed by atoms with Gasteiger partial charge in [-0.1, -0.05) is 12.1 Å². The summed E-state index contributed by atoms with van der Waals surface area (Å²) in [5.74, 6) is -0.144. The highest BCUT2D eigenvalue weighted by Gasteiger charge is 2.38. The zero-order chi connectivity index (χ0) is 15.7. The van der Waals surface area contributed by atoms with E-state index < -0.39 is 10.0 Å². The third-order valence-electron chi connectivity index (χ3n) is 3.58. The second-order valence-electron chi connectivity index (χ2n) is 5.29. The third kappa shape index (κ3) is 3.11. The highest BCUT2D eigenvalue weighted by molar-refractivity contribution is 7.89. The van der Waals surface area contributed by atoms with E-state index in [9.17, 15) is 13.2 Å². The average molecular weight is 336 g/mol. The highest BCUT2D eigenvalue weighted by atomic mass is 32.2. The second-order valence-corrected chi connectivity index (χ2v) is 8.16. The molecule has 0 aliphatic heterocycles. The van der Waals surface area contributed by atoms with Gasteiger partial charge in [0.2, 0.25) is 10.0 Å². The largest absolute Gasteiger partial charge is 0.295 e. The number of Topliss-reactive ketones (excluding diaryl/α,β-unsaturated/α-hetero) is 1. The summed E-state index contributed by atoms with van der Waals surface area (Å²) in [5.41, 5.74) is 0.408. The molecule has 22 heavy (non-hydrogen) atoms. The summed E-state index contributed by atoms with van der Waals surface area (Å²) < 4.78 is 27.3. The predicted octanol–water partition coefficient (Wildman–Crippen LogP) is 2.70. The first-order valence-electron chi connectivity index (χ1n) is 6.99. The number of ketones is 1. The van der Waals surface area contributed by atoms with Crippen LogP contribution in [0.1, 0.15) is 35.1 Å². The molecule has 0 bridgehead atoms. The Kier molecular flexibility index (Phi) is 4.12. The molecule has 0 unspecified atom stereocenters. The molecule has 2 aromatic rings. The Bertz CT molecular complexity index is 781. The Morgan fingerprint density at radius 3 is 2.77 bits per heavy atom. The lowest BCUT2D eigenvalue weighted by molar-refractivity contribution is 0.101. The summed E-state index contributed by atoms with van der Waals surface area (Å²) in [6.45, 7) is 1.72. The van der Waals surface area contributed by atoms with Crippen LogP contribution in [0.2, 0.25) is 0 Å². The minimum Gasteiger partial charge on any atom is -0.295 e. The summed E-state index contributed by atoms with van der Waals surface area (Å²) in [7, 11) is -3.62. The number of hydrogen-bond donors (Lipinski definition) is 0. The molecule has 0 spiro atoms. The van der Waals surface area contributed by atoms with Crippen LogP contribution in [0.15, 0.2) is 40.7 Å². The van der Waals surface area contributed by atoms with Crippen LogP contribution >= 0.6 is 11.3 Å². The van der Waals surface area contributed by atoms with Gasteiger partial charge in [0.1, 0.15) is 5.01 Å².